The van der Waals surface area contributed by atoms with Crippen molar-refractivity contribution in [1.82, 2.24) is 4.98 Å². The number of methoxy groups -OCH3 is 1. The van der Waals surface area contributed by atoms with Crippen molar-refractivity contribution in [3.05, 3.63) is 45.7 Å². The van der Waals surface area contributed by atoms with E-state index in [1.165, 1.54) is 13.2 Å². The lowest BCUT2D eigenvalue weighted by Gasteiger charge is -2.11. The Labute approximate surface area is 156 Å². The molecule has 0 radical (unpaired) electrons. The summed E-state index contributed by atoms with van der Waals surface area (Å²) in [6, 6.07) is 4.78. The number of carbonyl (C=O) groups is 2. The van der Waals surface area contributed by atoms with Crippen molar-refractivity contribution in [3.8, 4) is 5.75 Å². The molecule has 0 unspecified atom stereocenters. The molecule has 8 heteroatoms. The molecule has 0 spiro atoms. The lowest BCUT2D eigenvalue weighted by atomic mass is 10.1. The maximum absolute atomic E-state index is 12.2. The lowest BCUT2D eigenvalue weighted by Crippen LogP contribution is -2.21. The zero-order chi connectivity index (χ0) is 19.4. The molecule has 7 nitrogen and oxygen atoms in total. The number of halogens is 1. The maximum atomic E-state index is 12.2. The van der Waals surface area contributed by atoms with Crippen molar-refractivity contribution in [2.24, 2.45) is 0 Å². The van der Waals surface area contributed by atoms with Crippen LogP contribution in [0.5, 0.6) is 5.75 Å². The van der Waals surface area contributed by atoms with E-state index in [-0.39, 0.29) is 5.69 Å². The highest BCUT2D eigenvalue weighted by atomic mass is 35.5. The largest absolute Gasteiger partial charge is 0.495 e. The Hall–Kier alpha value is -2.51. The van der Waals surface area contributed by atoms with Crippen LogP contribution in [0.4, 0.5) is 5.69 Å². The third kappa shape index (κ3) is 4.36. The fourth-order valence-electron chi connectivity index (χ4n) is 2.76. The molecule has 0 bridgehead atoms. The van der Waals surface area contributed by atoms with Gasteiger partial charge in [0.05, 0.1) is 18.9 Å². The number of rotatable bonds is 6. The van der Waals surface area contributed by atoms with Gasteiger partial charge in [-0.1, -0.05) is 11.6 Å². The standard InChI is InChI=1S/C18H21ClN2O5/c1-9-16(11(3)22)10(2)20-17(9)18(24)26-8-15(23)21-13-7-12(19)5-6-14(13)25-4/h5-7,11,20,22H,8H2,1-4H3,(H,21,23)/t11-/m0/s1. The van der Waals surface area contributed by atoms with Crippen LogP contribution in [0.1, 0.15) is 40.3 Å². The van der Waals surface area contributed by atoms with Crippen LogP contribution in [-0.4, -0.2) is 35.7 Å². The van der Waals surface area contributed by atoms with E-state index in [1.807, 2.05) is 0 Å². The number of benzene rings is 1. The molecule has 2 rings (SSSR count). The van der Waals surface area contributed by atoms with E-state index in [0.29, 0.717) is 33.3 Å². The Kier molecular flexibility index (Phi) is 6.28. The van der Waals surface area contributed by atoms with Crippen LogP contribution in [0, 0.1) is 13.8 Å². The second-order valence-corrected chi connectivity index (χ2v) is 6.24. The Morgan fingerprint density at radius 3 is 2.62 bits per heavy atom. The molecule has 0 aliphatic heterocycles. The van der Waals surface area contributed by atoms with Gasteiger partial charge in [0.2, 0.25) is 0 Å². The van der Waals surface area contributed by atoms with E-state index >= 15 is 0 Å². The quantitative estimate of drug-likeness (QED) is 0.668. The molecule has 1 atom stereocenters. The average Bonchev–Trinajstić information content (AvgIpc) is 2.87. The molecule has 0 aliphatic carbocycles. The number of aliphatic hydroxyl groups is 1. The van der Waals surface area contributed by atoms with E-state index in [0.717, 1.165) is 0 Å². The first-order valence-electron chi connectivity index (χ1n) is 7.92. The predicted octanol–water partition coefficient (Wildman–Crippen LogP) is 3.14. The first-order chi connectivity index (χ1) is 12.2. The molecule has 0 saturated heterocycles. The van der Waals surface area contributed by atoms with Gasteiger partial charge in [-0.25, -0.2) is 4.79 Å². The molecule has 0 fully saturated rings. The van der Waals surface area contributed by atoms with Crippen LogP contribution in [0.25, 0.3) is 0 Å². The zero-order valence-electron chi connectivity index (χ0n) is 15.0. The maximum Gasteiger partial charge on any atom is 0.355 e. The van der Waals surface area contributed by atoms with Crippen LogP contribution in [0.3, 0.4) is 0 Å². The van der Waals surface area contributed by atoms with Gasteiger partial charge in [0.25, 0.3) is 5.91 Å². The zero-order valence-corrected chi connectivity index (χ0v) is 15.7. The number of amides is 1. The third-order valence-corrected chi connectivity index (χ3v) is 4.12. The Morgan fingerprint density at radius 1 is 1.35 bits per heavy atom. The number of carbonyl (C=O) groups excluding carboxylic acids is 2. The number of aromatic nitrogens is 1. The molecule has 1 amide bonds. The van der Waals surface area contributed by atoms with Gasteiger partial charge in [-0.15, -0.1) is 0 Å². The number of aromatic amines is 1. The van der Waals surface area contributed by atoms with Crippen molar-refractivity contribution >= 4 is 29.2 Å². The van der Waals surface area contributed by atoms with Gasteiger partial charge in [0.15, 0.2) is 6.61 Å². The molecule has 1 heterocycles. The first-order valence-corrected chi connectivity index (χ1v) is 8.30. The second kappa shape index (κ2) is 8.25. The Bertz CT molecular complexity index is 829. The van der Waals surface area contributed by atoms with Gasteiger partial charge >= 0.3 is 5.97 Å². The van der Waals surface area contributed by atoms with Crippen LogP contribution >= 0.6 is 11.6 Å². The second-order valence-electron chi connectivity index (χ2n) is 5.81. The number of nitrogens with one attached hydrogen (secondary N) is 2. The molecule has 1 aromatic heterocycles. The monoisotopic (exact) mass is 380 g/mol. The fraction of sp³-hybridized carbons (Fsp3) is 0.333. The number of aryl methyl sites for hydroxylation is 1. The molecule has 2 aromatic rings. The summed E-state index contributed by atoms with van der Waals surface area (Å²) in [6.07, 6.45) is -0.716. The highest BCUT2D eigenvalue weighted by Gasteiger charge is 2.21. The summed E-state index contributed by atoms with van der Waals surface area (Å²) in [4.78, 5) is 27.2. The molecule has 3 N–H and O–H groups in total. The van der Waals surface area contributed by atoms with Crippen molar-refractivity contribution in [3.63, 3.8) is 0 Å². The summed E-state index contributed by atoms with van der Waals surface area (Å²) in [7, 11) is 1.47. The Morgan fingerprint density at radius 2 is 2.04 bits per heavy atom. The molecular formula is C18H21ClN2O5. The van der Waals surface area contributed by atoms with Crippen molar-refractivity contribution in [1.29, 1.82) is 0 Å². The number of hydrogen-bond acceptors (Lipinski definition) is 5. The molecule has 140 valence electrons. The molecule has 0 saturated carbocycles. The van der Waals surface area contributed by atoms with Gasteiger partial charge in [-0.05, 0) is 44.5 Å². The summed E-state index contributed by atoms with van der Waals surface area (Å²) in [5, 5.41) is 12.8. The number of anilines is 1. The van der Waals surface area contributed by atoms with Crippen LogP contribution < -0.4 is 10.1 Å². The summed E-state index contributed by atoms with van der Waals surface area (Å²) >= 11 is 5.91. The fourth-order valence-corrected chi connectivity index (χ4v) is 2.93. The minimum atomic E-state index is -0.716. The molecule has 26 heavy (non-hydrogen) atoms. The highest BCUT2D eigenvalue weighted by Crippen LogP contribution is 2.28. The normalized spacial score (nSPS) is 11.8. The van der Waals surface area contributed by atoms with E-state index in [4.69, 9.17) is 21.1 Å². The first kappa shape index (κ1) is 19.8. The average molecular weight is 381 g/mol. The third-order valence-electron chi connectivity index (χ3n) is 3.89. The van der Waals surface area contributed by atoms with E-state index in [1.54, 1.807) is 32.9 Å². The van der Waals surface area contributed by atoms with Crippen molar-refractivity contribution in [2.75, 3.05) is 19.0 Å². The topological polar surface area (TPSA) is 101 Å². The SMILES string of the molecule is COc1ccc(Cl)cc1NC(=O)COC(=O)c1[nH]c(C)c([C@H](C)O)c1C. The van der Waals surface area contributed by atoms with Gasteiger partial charge in [0.1, 0.15) is 11.4 Å². The number of esters is 1. The number of ether oxygens (including phenoxy) is 2. The molecular weight excluding hydrogens is 360 g/mol. The molecule has 1 aromatic carbocycles. The highest BCUT2D eigenvalue weighted by molar-refractivity contribution is 6.31. The minimum Gasteiger partial charge on any atom is -0.495 e. The van der Waals surface area contributed by atoms with Gasteiger partial charge in [-0.2, -0.15) is 0 Å². The lowest BCUT2D eigenvalue weighted by molar-refractivity contribution is -0.119. The van der Waals surface area contributed by atoms with Crippen molar-refractivity contribution < 1.29 is 24.2 Å². The molecule has 0 aliphatic rings. The van der Waals surface area contributed by atoms with Crippen LogP contribution in [0.15, 0.2) is 18.2 Å². The summed E-state index contributed by atoms with van der Waals surface area (Å²) in [5.74, 6) is -0.771. The van der Waals surface area contributed by atoms with Gasteiger partial charge < -0.3 is 24.9 Å². The van der Waals surface area contributed by atoms with E-state index in [9.17, 15) is 14.7 Å². The van der Waals surface area contributed by atoms with Crippen molar-refractivity contribution in [2.45, 2.75) is 26.9 Å². The van der Waals surface area contributed by atoms with E-state index in [2.05, 4.69) is 10.3 Å². The van der Waals surface area contributed by atoms with Gasteiger partial charge in [0, 0.05) is 16.3 Å². The smallest absolute Gasteiger partial charge is 0.355 e. The summed E-state index contributed by atoms with van der Waals surface area (Å²) in [5.41, 5.74) is 2.51. The number of aliphatic hydroxyl groups excluding tert-OH is 1. The Balaban J connectivity index is 2.03. The van der Waals surface area contributed by atoms with Gasteiger partial charge in [-0.3, -0.25) is 4.79 Å². The minimum absolute atomic E-state index is 0.214. The van der Waals surface area contributed by atoms with Crippen LogP contribution in [-0.2, 0) is 9.53 Å². The van der Waals surface area contributed by atoms with E-state index < -0.39 is 24.6 Å². The van der Waals surface area contributed by atoms with Crippen LogP contribution in [0.2, 0.25) is 5.02 Å². The predicted molar refractivity (Wildman–Crippen MR) is 97.8 cm³/mol. The summed E-state index contributed by atoms with van der Waals surface area (Å²) < 4.78 is 10.2. The number of hydrogen-bond donors (Lipinski definition) is 3. The summed E-state index contributed by atoms with van der Waals surface area (Å²) in [6.45, 7) is 4.60. The number of H-pyrrole nitrogens is 1.